The van der Waals surface area contributed by atoms with Crippen LogP contribution < -0.4 is 10.1 Å². The van der Waals surface area contributed by atoms with Gasteiger partial charge in [-0.2, -0.15) is 5.26 Å². The van der Waals surface area contributed by atoms with Crippen molar-refractivity contribution in [3.8, 4) is 11.8 Å². The summed E-state index contributed by atoms with van der Waals surface area (Å²) in [6.07, 6.45) is 3.49. The molecule has 1 atom stereocenters. The number of carbonyl (C=O) groups is 2. The molecule has 31 heavy (non-hydrogen) atoms. The van der Waals surface area contributed by atoms with Crippen LogP contribution >= 0.6 is 0 Å². The summed E-state index contributed by atoms with van der Waals surface area (Å²) < 4.78 is 5.92. The molecule has 0 radical (unpaired) electrons. The molecule has 0 saturated heterocycles. The van der Waals surface area contributed by atoms with Gasteiger partial charge in [-0.05, 0) is 37.5 Å². The van der Waals surface area contributed by atoms with Gasteiger partial charge in [0.15, 0.2) is 6.10 Å². The molecule has 0 heterocycles. The van der Waals surface area contributed by atoms with Crippen LogP contribution in [0.3, 0.4) is 0 Å². The molecule has 6 nitrogen and oxygen atoms in total. The first-order valence-electron chi connectivity index (χ1n) is 10.7. The summed E-state index contributed by atoms with van der Waals surface area (Å²) in [5, 5.41) is 12.7. The Labute approximate surface area is 183 Å². The van der Waals surface area contributed by atoms with Crippen molar-refractivity contribution in [3.05, 3.63) is 65.7 Å². The number of rotatable bonds is 7. The van der Waals surface area contributed by atoms with E-state index in [2.05, 4.69) is 11.4 Å². The second-order valence-corrected chi connectivity index (χ2v) is 8.03. The molecule has 1 N–H and O–H groups in total. The minimum Gasteiger partial charge on any atom is -0.480 e. The first kappa shape index (κ1) is 22.4. The highest BCUT2D eigenvalue weighted by atomic mass is 16.5. The van der Waals surface area contributed by atoms with Gasteiger partial charge in [0.2, 0.25) is 0 Å². The maximum atomic E-state index is 13.1. The van der Waals surface area contributed by atoms with Crippen molar-refractivity contribution < 1.29 is 14.3 Å². The predicted octanol–water partition coefficient (Wildman–Crippen LogP) is 4.07. The summed E-state index contributed by atoms with van der Waals surface area (Å²) in [5.74, 6) is -0.187. The van der Waals surface area contributed by atoms with Crippen molar-refractivity contribution in [2.75, 3.05) is 7.05 Å². The predicted molar refractivity (Wildman–Crippen MR) is 118 cm³/mol. The Morgan fingerprint density at radius 3 is 2.42 bits per heavy atom. The third-order valence-electron chi connectivity index (χ3n) is 5.94. The lowest BCUT2D eigenvalue weighted by Crippen LogP contribution is -2.53. The SMILES string of the molecule is C[C@@H](Oc1ccccc1C(=O)NCc1ccccc1)C(=O)N(C)C1(C#N)CCCCC1. The van der Waals surface area contributed by atoms with E-state index in [9.17, 15) is 14.9 Å². The fraction of sp³-hybridized carbons (Fsp3) is 0.400. The summed E-state index contributed by atoms with van der Waals surface area (Å²) in [6, 6.07) is 18.9. The molecule has 3 rings (SSSR count). The van der Waals surface area contributed by atoms with Gasteiger partial charge in [-0.15, -0.1) is 0 Å². The molecule has 1 fully saturated rings. The number of hydrogen-bond acceptors (Lipinski definition) is 4. The molecule has 0 unspecified atom stereocenters. The minimum absolute atomic E-state index is 0.261. The van der Waals surface area contributed by atoms with Gasteiger partial charge in [0, 0.05) is 13.6 Å². The molecule has 0 aromatic heterocycles. The van der Waals surface area contributed by atoms with E-state index < -0.39 is 11.6 Å². The number of para-hydroxylation sites is 1. The maximum Gasteiger partial charge on any atom is 0.264 e. The lowest BCUT2D eigenvalue weighted by molar-refractivity contribution is -0.141. The van der Waals surface area contributed by atoms with Crippen LogP contribution in [0.2, 0.25) is 0 Å². The molecular weight excluding hydrogens is 390 g/mol. The van der Waals surface area contributed by atoms with Crippen LogP contribution in [0.5, 0.6) is 5.75 Å². The molecular formula is C25H29N3O3. The van der Waals surface area contributed by atoms with Gasteiger partial charge >= 0.3 is 0 Å². The van der Waals surface area contributed by atoms with E-state index >= 15 is 0 Å². The molecule has 1 saturated carbocycles. The van der Waals surface area contributed by atoms with E-state index in [1.807, 2.05) is 30.3 Å². The number of nitrogens with zero attached hydrogens (tertiary/aromatic N) is 2. The molecule has 2 aromatic rings. The lowest BCUT2D eigenvalue weighted by Gasteiger charge is -2.40. The average Bonchev–Trinajstić information content (AvgIpc) is 2.83. The smallest absolute Gasteiger partial charge is 0.264 e. The molecule has 2 aromatic carbocycles. The van der Waals surface area contributed by atoms with Crippen LogP contribution in [0.1, 0.15) is 54.9 Å². The fourth-order valence-electron chi connectivity index (χ4n) is 4.01. The van der Waals surface area contributed by atoms with E-state index in [0.29, 0.717) is 30.7 Å². The molecule has 2 amide bonds. The van der Waals surface area contributed by atoms with E-state index in [1.165, 1.54) is 4.90 Å². The van der Waals surface area contributed by atoms with Gasteiger partial charge in [-0.1, -0.05) is 61.7 Å². The van der Waals surface area contributed by atoms with Crippen LogP contribution in [0.25, 0.3) is 0 Å². The second-order valence-electron chi connectivity index (χ2n) is 8.03. The maximum absolute atomic E-state index is 13.1. The Bertz CT molecular complexity index is 946. The zero-order chi connectivity index (χ0) is 22.3. The number of hydrogen-bond donors (Lipinski definition) is 1. The number of nitriles is 1. The summed E-state index contributed by atoms with van der Waals surface area (Å²) in [6.45, 7) is 2.06. The summed E-state index contributed by atoms with van der Waals surface area (Å²) in [7, 11) is 1.68. The highest BCUT2D eigenvalue weighted by molar-refractivity contribution is 5.97. The third kappa shape index (κ3) is 5.24. The molecule has 162 valence electrons. The van der Waals surface area contributed by atoms with Gasteiger partial charge < -0.3 is 15.0 Å². The normalized spacial score (nSPS) is 15.9. The summed E-state index contributed by atoms with van der Waals surface area (Å²) >= 11 is 0. The standard InChI is InChI=1S/C25H29N3O3/c1-19(24(30)28(2)25(18-26)15-9-4-10-16-25)31-22-14-8-7-13-21(22)23(29)27-17-20-11-5-3-6-12-20/h3,5-8,11-14,19H,4,9-10,15-17H2,1-2H3,(H,27,29)/t19-/m1/s1. The molecule has 1 aliphatic carbocycles. The van der Waals surface area contributed by atoms with Gasteiger partial charge in [-0.3, -0.25) is 9.59 Å². The van der Waals surface area contributed by atoms with Gasteiger partial charge in [0.1, 0.15) is 11.3 Å². The summed E-state index contributed by atoms with van der Waals surface area (Å²) in [4.78, 5) is 27.3. The second kappa shape index (κ2) is 10.1. The first-order chi connectivity index (χ1) is 15.0. The largest absolute Gasteiger partial charge is 0.480 e. The van der Waals surface area contributed by atoms with E-state index in [-0.39, 0.29) is 11.8 Å². The number of nitrogens with one attached hydrogen (secondary N) is 1. The van der Waals surface area contributed by atoms with Crippen LogP contribution in [0.15, 0.2) is 54.6 Å². The zero-order valence-corrected chi connectivity index (χ0v) is 18.1. The van der Waals surface area contributed by atoms with E-state index in [0.717, 1.165) is 24.8 Å². The third-order valence-corrected chi connectivity index (χ3v) is 5.94. The molecule has 6 heteroatoms. The van der Waals surface area contributed by atoms with Gasteiger partial charge in [0.25, 0.3) is 11.8 Å². The minimum atomic E-state index is -0.819. The number of benzene rings is 2. The van der Waals surface area contributed by atoms with Crippen molar-refractivity contribution >= 4 is 11.8 Å². The van der Waals surface area contributed by atoms with Crippen LogP contribution in [0.4, 0.5) is 0 Å². The van der Waals surface area contributed by atoms with Crippen molar-refractivity contribution in [2.24, 2.45) is 0 Å². The molecule has 0 aliphatic heterocycles. The Balaban J connectivity index is 1.68. The monoisotopic (exact) mass is 419 g/mol. The fourth-order valence-corrected chi connectivity index (χ4v) is 4.01. The van der Waals surface area contributed by atoms with Crippen LogP contribution in [0, 0.1) is 11.3 Å². The van der Waals surface area contributed by atoms with Crippen molar-refractivity contribution in [1.29, 1.82) is 5.26 Å². The van der Waals surface area contributed by atoms with E-state index in [4.69, 9.17) is 4.74 Å². The number of carbonyl (C=O) groups excluding carboxylic acids is 2. The van der Waals surface area contributed by atoms with Crippen molar-refractivity contribution in [1.82, 2.24) is 10.2 Å². The Morgan fingerprint density at radius 1 is 1.10 bits per heavy atom. The highest BCUT2D eigenvalue weighted by Gasteiger charge is 2.40. The van der Waals surface area contributed by atoms with Gasteiger partial charge in [0.05, 0.1) is 11.6 Å². The first-order valence-corrected chi connectivity index (χ1v) is 10.7. The Morgan fingerprint density at radius 2 is 1.74 bits per heavy atom. The van der Waals surface area contributed by atoms with Crippen LogP contribution in [-0.2, 0) is 11.3 Å². The summed E-state index contributed by atoms with van der Waals surface area (Å²) in [5.41, 5.74) is 0.585. The number of amides is 2. The van der Waals surface area contributed by atoms with Crippen molar-refractivity contribution in [3.63, 3.8) is 0 Å². The highest BCUT2D eigenvalue weighted by Crippen LogP contribution is 2.33. The quantitative estimate of drug-likeness (QED) is 0.733. The number of ether oxygens (including phenoxy) is 1. The van der Waals surface area contributed by atoms with E-state index in [1.54, 1.807) is 38.2 Å². The Kier molecular flexibility index (Phi) is 7.30. The topological polar surface area (TPSA) is 82.4 Å². The molecule has 0 bridgehead atoms. The lowest BCUT2D eigenvalue weighted by atomic mass is 9.81. The number of likely N-dealkylation sites (N-methyl/N-ethyl adjacent to an activating group) is 1. The van der Waals surface area contributed by atoms with Crippen molar-refractivity contribution in [2.45, 2.75) is 57.2 Å². The molecule has 0 spiro atoms. The van der Waals surface area contributed by atoms with Crippen LogP contribution in [-0.4, -0.2) is 35.4 Å². The zero-order valence-electron chi connectivity index (χ0n) is 18.1. The molecule has 1 aliphatic rings. The Hall–Kier alpha value is -3.33. The van der Waals surface area contributed by atoms with Gasteiger partial charge in [-0.25, -0.2) is 0 Å². The average molecular weight is 420 g/mol.